The van der Waals surface area contributed by atoms with Crippen LogP contribution in [0.4, 0.5) is 0 Å². The molecule has 1 atom stereocenters. The monoisotopic (exact) mass is 425 g/mol. The smallest absolute Gasteiger partial charge is 0.347 e. The minimum absolute atomic E-state index is 0.137. The van der Waals surface area contributed by atoms with Gasteiger partial charge in [-0.3, -0.25) is 4.90 Å². The maximum Gasteiger partial charge on any atom is 0.347 e. The zero-order chi connectivity index (χ0) is 20.7. The number of ether oxygens (including phenoxy) is 2. The van der Waals surface area contributed by atoms with E-state index in [0.717, 1.165) is 5.56 Å². The second-order valence-corrected chi connectivity index (χ2v) is 7.55. The van der Waals surface area contributed by atoms with Crippen molar-refractivity contribution < 1.29 is 19.4 Å². The number of phenolic OH excluding ortho intramolecular Hbond substituents is 1. The Morgan fingerprint density at radius 1 is 1.07 bits per heavy atom. The molecule has 7 heteroatoms. The van der Waals surface area contributed by atoms with Crippen molar-refractivity contribution in [3.8, 4) is 11.5 Å². The third kappa shape index (κ3) is 6.89. The minimum atomic E-state index is -0.743. The lowest BCUT2D eigenvalue weighted by molar-refractivity contribution is -0.151. The van der Waals surface area contributed by atoms with E-state index in [1.165, 1.54) is 12.1 Å². The largest absolute Gasteiger partial charge is 0.508 e. The molecule has 0 saturated heterocycles. The number of esters is 1. The SMILES string of the molecule is CC(Oc1ccc(O)cc1)C(=O)OCCN(Cc1ccc(Cl)c(Cl)c1)C(C)C. The summed E-state index contributed by atoms with van der Waals surface area (Å²) in [6, 6.07) is 12.0. The maximum atomic E-state index is 12.2. The first-order chi connectivity index (χ1) is 13.3. The number of phenols is 1. The van der Waals surface area contributed by atoms with Crippen LogP contribution in [-0.2, 0) is 16.1 Å². The molecule has 28 heavy (non-hydrogen) atoms. The van der Waals surface area contributed by atoms with Crippen molar-refractivity contribution in [2.75, 3.05) is 13.2 Å². The zero-order valence-corrected chi connectivity index (χ0v) is 17.7. The first kappa shape index (κ1) is 22.3. The lowest BCUT2D eigenvalue weighted by Crippen LogP contribution is -2.35. The Morgan fingerprint density at radius 3 is 2.36 bits per heavy atom. The van der Waals surface area contributed by atoms with Crippen molar-refractivity contribution in [3.05, 3.63) is 58.1 Å². The Kier molecular flexibility index (Phi) is 8.42. The van der Waals surface area contributed by atoms with E-state index in [9.17, 15) is 9.90 Å². The fraction of sp³-hybridized carbons (Fsp3) is 0.381. The second-order valence-electron chi connectivity index (χ2n) is 6.73. The Labute approximate surface area is 175 Å². The molecule has 0 amide bonds. The molecule has 0 aliphatic rings. The summed E-state index contributed by atoms with van der Waals surface area (Å²) in [4.78, 5) is 14.3. The summed E-state index contributed by atoms with van der Waals surface area (Å²) in [6.07, 6.45) is -0.743. The fourth-order valence-corrected chi connectivity index (χ4v) is 2.87. The van der Waals surface area contributed by atoms with Gasteiger partial charge in [-0.05, 0) is 62.7 Å². The molecule has 2 aromatic carbocycles. The molecular formula is C21H25Cl2NO4. The van der Waals surface area contributed by atoms with Crippen molar-refractivity contribution in [1.82, 2.24) is 4.90 Å². The topological polar surface area (TPSA) is 59.0 Å². The molecular weight excluding hydrogens is 401 g/mol. The molecule has 2 aromatic rings. The van der Waals surface area contributed by atoms with Crippen LogP contribution in [0.25, 0.3) is 0 Å². The number of nitrogens with zero attached hydrogens (tertiary/aromatic N) is 1. The summed E-state index contributed by atoms with van der Waals surface area (Å²) in [5.41, 5.74) is 1.04. The third-order valence-corrected chi connectivity index (χ3v) is 4.94. The lowest BCUT2D eigenvalue weighted by Gasteiger charge is -2.26. The Hall–Kier alpha value is -1.95. The molecule has 0 heterocycles. The van der Waals surface area contributed by atoms with Crippen LogP contribution >= 0.6 is 23.2 Å². The standard InChI is InChI=1S/C21H25Cl2NO4/c1-14(2)24(13-16-4-9-19(22)20(23)12-16)10-11-27-21(26)15(3)28-18-7-5-17(25)6-8-18/h4-9,12,14-15,25H,10-11,13H2,1-3H3. The number of benzene rings is 2. The Morgan fingerprint density at radius 2 is 1.75 bits per heavy atom. The van der Waals surface area contributed by atoms with Gasteiger partial charge in [0, 0.05) is 19.1 Å². The van der Waals surface area contributed by atoms with Crippen molar-refractivity contribution >= 4 is 29.2 Å². The van der Waals surface area contributed by atoms with Crippen molar-refractivity contribution in [1.29, 1.82) is 0 Å². The predicted molar refractivity (Wildman–Crippen MR) is 111 cm³/mol. The van der Waals surface area contributed by atoms with Crippen LogP contribution in [0.15, 0.2) is 42.5 Å². The van der Waals surface area contributed by atoms with E-state index in [2.05, 4.69) is 18.7 Å². The molecule has 1 unspecified atom stereocenters. The van der Waals surface area contributed by atoms with Gasteiger partial charge in [0.1, 0.15) is 18.1 Å². The molecule has 0 aliphatic carbocycles. The number of hydrogen-bond acceptors (Lipinski definition) is 5. The molecule has 152 valence electrons. The van der Waals surface area contributed by atoms with Gasteiger partial charge in [-0.1, -0.05) is 29.3 Å². The zero-order valence-electron chi connectivity index (χ0n) is 16.2. The van der Waals surface area contributed by atoms with Gasteiger partial charge in [0.15, 0.2) is 6.10 Å². The summed E-state index contributed by atoms with van der Waals surface area (Å²) < 4.78 is 10.9. The highest BCUT2D eigenvalue weighted by Crippen LogP contribution is 2.23. The molecule has 0 fully saturated rings. The summed E-state index contributed by atoms with van der Waals surface area (Å²) in [5, 5.41) is 10.3. The summed E-state index contributed by atoms with van der Waals surface area (Å²) in [5.74, 6) is 0.190. The van der Waals surface area contributed by atoms with Gasteiger partial charge >= 0.3 is 5.97 Å². The number of hydrogen-bond donors (Lipinski definition) is 1. The van der Waals surface area contributed by atoms with E-state index in [4.69, 9.17) is 32.7 Å². The van der Waals surface area contributed by atoms with Gasteiger partial charge in [-0.2, -0.15) is 0 Å². The molecule has 2 rings (SSSR count). The van der Waals surface area contributed by atoms with E-state index in [1.807, 2.05) is 12.1 Å². The number of rotatable bonds is 9. The van der Waals surface area contributed by atoms with Crippen LogP contribution in [-0.4, -0.2) is 41.3 Å². The van der Waals surface area contributed by atoms with E-state index < -0.39 is 12.1 Å². The highest BCUT2D eigenvalue weighted by Gasteiger charge is 2.18. The van der Waals surface area contributed by atoms with Crippen molar-refractivity contribution in [3.63, 3.8) is 0 Å². The van der Waals surface area contributed by atoms with Crippen LogP contribution in [0, 0.1) is 0 Å². The average molecular weight is 426 g/mol. The van der Waals surface area contributed by atoms with Gasteiger partial charge in [0.2, 0.25) is 0 Å². The summed E-state index contributed by atoms with van der Waals surface area (Å²) in [6.45, 7) is 7.29. The van der Waals surface area contributed by atoms with Crippen molar-refractivity contribution in [2.45, 2.75) is 39.5 Å². The average Bonchev–Trinajstić information content (AvgIpc) is 2.65. The van der Waals surface area contributed by atoms with Crippen LogP contribution in [0.1, 0.15) is 26.3 Å². The van der Waals surface area contributed by atoms with E-state index >= 15 is 0 Å². The van der Waals surface area contributed by atoms with Crippen molar-refractivity contribution in [2.24, 2.45) is 0 Å². The Balaban J connectivity index is 1.83. The minimum Gasteiger partial charge on any atom is -0.508 e. The predicted octanol–water partition coefficient (Wildman–Crippen LogP) is 4.92. The van der Waals surface area contributed by atoms with Gasteiger partial charge in [-0.25, -0.2) is 4.79 Å². The first-order valence-corrected chi connectivity index (χ1v) is 9.82. The number of aromatic hydroxyl groups is 1. The quantitative estimate of drug-likeness (QED) is 0.577. The van der Waals surface area contributed by atoms with Gasteiger partial charge < -0.3 is 14.6 Å². The van der Waals surface area contributed by atoms with Gasteiger partial charge in [0.25, 0.3) is 0 Å². The molecule has 0 aliphatic heterocycles. The second kappa shape index (κ2) is 10.6. The number of carbonyl (C=O) groups excluding carboxylic acids is 1. The van der Waals surface area contributed by atoms with Gasteiger partial charge in [-0.15, -0.1) is 0 Å². The van der Waals surface area contributed by atoms with Crippen LogP contribution in [0.2, 0.25) is 10.0 Å². The van der Waals surface area contributed by atoms with Crippen LogP contribution < -0.4 is 4.74 Å². The van der Waals surface area contributed by atoms with E-state index in [-0.39, 0.29) is 18.4 Å². The third-order valence-electron chi connectivity index (χ3n) is 4.20. The van der Waals surface area contributed by atoms with E-state index in [0.29, 0.717) is 28.9 Å². The normalized spacial score (nSPS) is 12.2. The molecule has 0 aromatic heterocycles. The number of carbonyl (C=O) groups is 1. The molecule has 0 saturated carbocycles. The lowest BCUT2D eigenvalue weighted by atomic mass is 10.2. The van der Waals surface area contributed by atoms with Crippen LogP contribution in [0.5, 0.6) is 11.5 Å². The molecule has 5 nitrogen and oxygen atoms in total. The van der Waals surface area contributed by atoms with E-state index in [1.54, 1.807) is 25.1 Å². The maximum absolute atomic E-state index is 12.2. The fourth-order valence-electron chi connectivity index (χ4n) is 2.55. The van der Waals surface area contributed by atoms with Crippen LogP contribution in [0.3, 0.4) is 0 Å². The molecule has 0 spiro atoms. The summed E-state index contributed by atoms with van der Waals surface area (Å²) in [7, 11) is 0. The molecule has 0 radical (unpaired) electrons. The molecule has 1 N–H and O–H groups in total. The number of halogens is 2. The Bertz CT molecular complexity index is 780. The summed E-state index contributed by atoms with van der Waals surface area (Å²) >= 11 is 12.1. The van der Waals surface area contributed by atoms with Gasteiger partial charge in [0.05, 0.1) is 10.0 Å². The first-order valence-electron chi connectivity index (χ1n) is 9.06. The highest BCUT2D eigenvalue weighted by molar-refractivity contribution is 6.42. The molecule has 0 bridgehead atoms. The highest BCUT2D eigenvalue weighted by atomic mass is 35.5.